The van der Waals surface area contributed by atoms with Crippen LogP contribution in [0.1, 0.15) is 6.92 Å². The van der Waals surface area contributed by atoms with Crippen LogP contribution in [0.5, 0.6) is 5.75 Å². The van der Waals surface area contributed by atoms with Crippen LogP contribution in [0.15, 0.2) is 47.5 Å². The van der Waals surface area contributed by atoms with Crippen LogP contribution in [0.25, 0.3) is 10.8 Å². The minimum Gasteiger partial charge on any atom is -0.439 e. The summed E-state index contributed by atoms with van der Waals surface area (Å²) in [6.45, 7) is 2.33. The van der Waals surface area contributed by atoms with Crippen molar-refractivity contribution in [2.24, 2.45) is 4.99 Å². The Morgan fingerprint density at radius 1 is 1.11 bits per heavy atom. The van der Waals surface area contributed by atoms with Crippen molar-refractivity contribution in [1.82, 2.24) is 0 Å². The quantitative estimate of drug-likeness (QED) is 0.434. The van der Waals surface area contributed by atoms with E-state index in [-0.39, 0.29) is 5.90 Å². The minimum absolute atomic E-state index is 0.0790. The smallest absolute Gasteiger partial charge is 0.266 e. The van der Waals surface area contributed by atoms with E-state index in [2.05, 4.69) is 4.99 Å². The van der Waals surface area contributed by atoms with E-state index in [1.807, 2.05) is 49.4 Å². The van der Waals surface area contributed by atoms with Crippen molar-refractivity contribution < 1.29 is 4.74 Å². The molecule has 0 N–H and O–H groups in total. The highest BCUT2D eigenvalue weighted by atomic mass is 35.6. The van der Waals surface area contributed by atoms with E-state index < -0.39 is 3.79 Å². The van der Waals surface area contributed by atoms with E-state index in [0.717, 1.165) is 10.8 Å². The molecule has 100 valence electrons. The summed E-state index contributed by atoms with van der Waals surface area (Å²) in [5.74, 6) is 0.674. The van der Waals surface area contributed by atoms with Gasteiger partial charge < -0.3 is 4.74 Å². The average molecular weight is 317 g/mol. The Labute approximate surface area is 126 Å². The van der Waals surface area contributed by atoms with E-state index in [9.17, 15) is 0 Å². The van der Waals surface area contributed by atoms with Crippen LogP contribution in [0.2, 0.25) is 0 Å². The molecule has 0 saturated heterocycles. The Hall–Kier alpha value is -0.960. The number of hydrogen-bond donors (Lipinski definition) is 0. The van der Waals surface area contributed by atoms with Gasteiger partial charge in [0.1, 0.15) is 5.75 Å². The van der Waals surface area contributed by atoms with Crippen LogP contribution in [0.3, 0.4) is 0 Å². The molecule has 2 nitrogen and oxygen atoms in total. The maximum absolute atomic E-state index is 5.82. The Balaban J connectivity index is 2.32. The molecule has 0 aliphatic rings. The molecule has 0 saturated carbocycles. The van der Waals surface area contributed by atoms with Crippen molar-refractivity contribution in [2.75, 3.05) is 6.54 Å². The van der Waals surface area contributed by atoms with Gasteiger partial charge in [-0.1, -0.05) is 65.1 Å². The lowest BCUT2D eigenvalue weighted by atomic mass is 10.1. The molecule has 0 amide bonds. The molecule has 0 heterocycles. The van der Waals surface area contributed by atoms with Crippen LogP contribution in [-0.2, 0) is 0 Å². The third-order valence-electron chi connectivity index (χ3n) is 2.48. The van der Waals surface area contributed by atoms with Gasteiger partial charge in [-0.2, -0.15) is 0 Å². The second-order valence-corrected chi connectivity index (χ2v) is 6.17. The molecule has 0 bridgehead atoms. The molecule has 2 aromatic carbocycles. The van der Waals surface area contributed by atoms with Crippen LogP contribution in [0.4, 0.5) is 0 Å². The predicted octanol–water partition coefficient (Wildman–Crippen LogP) is 5.01. The fourth-order valence-electron chi connectivity index (χ4n) is 1.67. The third kappa shape index (κ3) is 3.75. The molecule has 19 heavy (non-hydrogen) atoms. The van der Waals surface area contributed by atoms with Gasteiger partial charge in [0.2, 0.25) is 5.90 Å². The summed E-state index contributed by atoms with van der Waals surface area (Å²) in [7, 11) is 0. The molecule has 2 rings (SSSR count). The first-order valence-corrected chi connectivity index (χ1v) is 6.92. The fourth-order valence-corrected chi connectivity index (χ4v) is 1.96. The Kier molecular flexibility index (Phi) is 4.56. The van der Waals surface area contributed by atoms with Crippen LogP contribution < -0.4 is 4.74 Å². The van der Waals surface area contributed by atoms with Gasteiger partial charge in [-0.15, -0.1) is 0 Å². The van der Waals surface area contributed by atoms with Crippen molar-refractivity contribution in [3.05, 3.63) is 42.5 Å². The second kappa shape index (κ2) is 6.00. The van der Waals surface area contributed by atoms with Gasteiger partial charge in [-0.05, 0) is 29.8 Å². The first-order chi connectivity index (χ1) is 9.00. The van der Waals surface area contributed by atoms with Crippen molar-refractivity contribution in [3.63, 3.8) is 0 Å². The molecule has 0 aliphatic heterocycles. The van der Waals surface area contributed by atoms with Gasteiger partial charge in [-0.3, -0.25) is 4.99 Å². The Morgan fingerprint density at radius 3 is 2.42 bits per heavy atom. The molecule has 0 unspecified atom stereocenters. The number of rotatable bonds is 2. The van der Waals surface area contributed by atoms with Gasteiger partial charge >= 0.3 is 0 Å². The highest BCUT2D eigenvalue weighted by Gasteiger charge is 2.30. The largest absolute Gasteiger partial charge is 0.439 e. The average Bonchev–Trinajstić information content (AvgIpc) is 2.37. The zero-order chi connectivity index (χ0) is 13.9. The van der Waals surface area contributed by atoms with E-state index in [1.165, 1.54) is 0 Å². The number of ether oxygens (including phenoxy) is 1. The fraction of sp³-hybridized carbons (Fsp3) is 0.214. The molecule has 0 aliphatic carbocycles. The number of alkyl halides is 3. The molecular weight excluding hydrogens is 305 g/mol. The molecule has 0 aromatic heterocycles. The number of aliphatic imine (C=N–C) groups is 1. The summed E-state index contributed by atoms with van der Waals surface area (Å²) < 4.78 is 3.92. The summed E-state index contributed by atoms with van der Waals surface area (Å²) in [6, 6.07) is 13.6. The van der Waals surface area contributed by atoms with Crippen LogP contribution >= 0.6 is 34.8 Å². The molecule has 0 spiro atoms. The minimum atomic E-state index is -1.67. The van der Waals surface area contributed by atoms with Crippen molar-refractivity contribution in [1.29, 1.82) is 0 Å². The van der Waals surface area contributed by atoms with E-state index in [4.69, 9.17) is 39.5 Å². The van der Waals surface area contributed by atoms with Gasteiger partial charge in [0.05, 0.1) is 0 Å². The zero-order valence-corrected chi connectivity index (χ0v) is 12.5. The Morgan fingerprint density at radius 2 is 1.79 bits per heavy atom. The summed E-state index contributed by atoms with van der Waals surface area (Å²) in [5, 5.41) is 2.18. The lowest BCUT2D eigenvalue weighted by Crippen LogP contribution is -2.25. The van der Waals surface area contributed by atoms with Crippen molar-refractivity contribution in [3.8, 4) is 5.75 Å². The van der Waals surface area contributed by atoms with Gasteiger partial charge in [0.15, 0.2) is 0 Å². The topological polar surface area (TPSA) is 21.6 Å². The van der Waals surface area contributed by atoms with Gasteiger partial charge in [0, 0.05) is 6.54 Å². The maximum Gasteiger partial charge on any atom is 0.266 e. The van der Waals surface area contributed by atoms with Crippen molar-refractivity contribution >= 4 is 51.5 Å². The molecule has 5 heteroatoms. The standard InChI is InChI=1S/C14H12Cl3NO/c1-2-18-13(14(15,16)17)19-12-8-7-10-5-3-4-6-11(10)9-12/h3-9H,2H2,1H3. The molecule has 0 fully saturated rings. The highest BCUT2D eigenvalue weighted by molar-refractivity contribution is 6.76. The van der Waals surface area contributed by atoms with Crippen LogP contribution in [0, 0.1) is 0 Å². The van der Waals surface area contributed by atoms with E-state index in [0.29, 0.717) is 12.3 Å². The second-order valence-electron chi connectivity index (χ2n) is 3.89. The number of hydrogen-bond acceptors (Lipinski definition) is 2. The summed E-state index contributed by atoms with van der Waals surface area (Å²) in [4.78, 5) is 4.07. The lowest BCUT2D eigenvalue weighted by molar-refractivity contribution is 0.537. The van der Waals surface area contributed by atoms with Crippen LogP contribution in [-0.4, -0.2) is 16.2 Å². The number of benzene rings is 2. The summed E-state index contributed by atoms with van der Waals surface area (Å²) in [5.41, 5.74) is 0. The van der Waals surface area contributed by atoms with E-state index >= 15 is 0 Å². The molecule has 0 radical (unpaired) electrons. The first-order valence-electron chi connectivity index (χ1n) is 5.79. The highest BCUT2D eigenvalue weighted by Crippen LogP contribution is 2.30. The SMILES string of the molecule is CCN=C(Oc1ccc2ccccc2c1)C(Cl)(Cl)Cl. The monoisotopic (exact) mass is 315 g/mol. The summed E-state index contributed by atoms with van der Waals surface area (Å²) in [6.07, 6.45) is 0. The van der Waals surface area contributed by atoms with Crippen molar-refractivity contribution in [2.45, 2.75) is 10.7 Å². The molecule has 0 atom stereocenters. The number of fused-ring (bicyclic) bond motifs is 1. The summed E-state index contributed by atoms with van der Waals surface area (Å²) >= 11 is 17.5. The predicted molar refractivity (Wildman–Crippen MR) is 82.8 cm³/mol. The number of halogens is 3. The third-order valence-corrected chi connectivity index (χ3v) is 2.96. The Bertz CT molecular complexity index is 605. The van der Waals surface area contributed by atoms with E-state index in [1.54, 1.807) is 0 Å². The van der Waals surface area contributed by atoms with Gasteiger partial charge in [-0.25, -0.2) is 0 Å². The normalized spacial score (nSPS) is 12.7. The maximum atomic E-state index is 5.82. The number of nitrogens with zero attached hydrogens (tertiary/aromatic N) is 1. The molecular formula is C14H12Cl3NO. The first kappa shape index (κ1) is 14.4. The molecule has 2 aromatic rings. The lowest BCUT2D eigenvalue weighted by Gasteiger charge is -2.15. The zero-order valence-electron chi connectivity index (χ0n) is 10.2. The van der Waals surface area contributed by atoms with Gasteiger partial charge in [0.25, 0.3) is 3.79 Å².